The molecule has 0 N–H and O–H groups in total. The van der Waals surface area contributed by atoms with Crippen molar-refractivity contribution in [3.63, 3.8) is 0 Å². The van der Waals surface area contributed by atoms with Gasteiger partial charge in [0.2, 0.25) is 0 Å². The molecular formula is C8H11NO2S. The summed E-state index contributed by atoms with van der Waals surface area (Å²) >= 11 is 1.60. The zero-order chi connectivity index (χ0) is 9.14. The maximum absolute atomic E-state index is 11.1. The minimum absolute atomic E-state index is 0.294. The molecular weight excluding hydrogens is 174 g/mol. The Morgan fingerprint density at radius 2 is 2.33 bits per heavy atom. The van der Waals surface area contributed by atoms with Crippen molar-refractivity contribution in [2.75, 3.05) is 13.4 Å². The Bertz CT molecular complexity index is 293. The number of rotatable bonds is 2. The normalized spacial score (nSPS) is 9.92. The van der Waals surface area contributed by atoms with Crippen LogP contribution in [0.5, 0.6) is 0 Å². The topological polar surface area (TPSA) is 31.2 Å². The van der Waals surface area contributed by atoms with Crippen LogP contribution in [-0.2, 0) is 11.8 Å². The lowest BCUT2D eigenvalue weighted by Crippen LogP contribution is -2.06. The van der Waals surface area contributed by atoms with Gasteiger partial charge in [-0.15, -0.1) is 11.8 Å². The predicted octanol–water partition coefficient (Wildman–Crippen LogP) is 1.53. The third kappa shape index (κ3) is 1.64. The van der Waals surface area contributed by atoms with E-state index in [9.17, 15) is 4.79 Å². The van der Waals surface area contributed by atoms with E-state index in [2.05, 4.69) is 4.74 Å². The van der Waals surface area contributed by atoms with Crippen LogP contribution >= 0.6 is 11.8 Å². The van der Waals surface area contributed by atoms with Crippen molar-refractivity contribution in [3.8, 4) is 0 Å². The average molecular weight is 185 g/mol. The van der Waals surface area contributed by atoms with Crippen molar-refractivity contribution < 1.29 is 9.53 Å². The Morgan fingerprint density at radius 3 is 2.75 bits per heavy atom. The summed E-state index contributed by atoms with van der Waals surface area (Å²) in [5.74, 6) is -0.294. The van der Waals surface area contributed by atoms with Crippen molar-refractivity contribution in [3.05, 3.63) is 18.0 Å². The van der Waals surface area contributed by atoms with Gasteiger partial charge < -0.3 is 9.30 Å². The van der Waals surface area contributed by atoms with Crippen LogP contribution in [0.4, 0.5) is 0 Å². The lowest BCUT2D eigenvalue weighted by molar-refractivity contribution is 0.0590. The van der Waals surface area contributed by atoms with Crippen LogP contribution in [0.15, 0.2) is 17.2 Å². The molecule has 66 valence electrons. The molecule has 0 amide bonds. The molecule has 0 aromatic carbocycles. The molecule has 0 aliphatic heterocycles. The lowest BCUT2D eigenvalue weighted by atomic mass is 10.4. The zero-order valence-electron chi connectivity index (χ0n) is 7.33. The zero-order valence-corrected chi connectivity index (χ0v) is 8.14. The number of nitrogens with zero attached hydrogens (tertiary/aromatic N) is 1. The molecule has 12 heavy (non-hydrogen) atoms. The molecule has 0 aliphatic carbocycles. The van der Waals surface area contributed by atoms with Gasteiger partial charge in [0.25, 0.3) is 0 Å². The van der Waals surface area contributed by atoms with E-state index in [1.54, 1.807) is 16.3 Å². The quantitative estimate of drug-likeness (QED) is 0.517. The molecule has 0 saturated heterocycles. The fourth-order valence-corrected chi connectivity index (χ4v) is 1.45. The van der Waals surface area contributed by atoms with Crippen LogP contribution in [0.1, 0.15) is 10.5 Å². The second-order valence-corrected chi connectivity index (χ2v) is 3.25. The number of methoxy groups -OCH3 is 1. The number of aryl methyl sites for hydroxylation is 1. The molecule has 1 aromatic rings. The Hall–Kier alpha value is -0.900. The van der Waals surface area contributed by atoms with E-state index in [0.717, 1.165) is 4.90 Å². The van der Waals surface area contributed by atoms with E-state index in [1.165, 1.54) is 7.11 Å². The fourth-order valence-electron chi connectivity index (χ4n) is 0.953. The largest absolute Gasteiger partial charge is 0.464 e. The molecule has 0 aliphatic rings. The molecule has 4 heteroatoms. The van der Waals surface area contributed by atoms with Gasteiger partial charge in [-0.25, -0.2) is 4.79 Å². The number of esters is 1. The molecule has 0 fully saturated rings. The summed E-state index contributed by atoms with van der Waals surface area (Å²) in [6.45, 7) is 0. The first-order valence-corrected chi connectivity index (χ1v) is 4.70. The second kappa shape index (κ2) is 3.67. The fraction of sp³-hybridized carbons (Fsp3) is 0.375. The molecule has 0 bridgehead atoms. The standard InChI is InChI=1S/C8H11NO2S/c1-9-5-6(12-3)4-7(9)8(10)11-2/h4-5H,1-3H3. The van der Waals surface area contributed by atoms with E-state index in [1.807, 2.05) is 25.6 Å². The highest BCUT2D eigenvalue weighted by Crippen LogP contribution is 2.17. The van der Waals surface area contributed by atoms with Gasteiger partial charge in [0.15, 0.2) is 0 Å². The Balaban J connectivity index is 2.99. The van der Waals surface area contributed by atoms with Gasteiger partial charge in [-0.3, -0.25) is 0 Å². The van der Waals surface area contributed by atoms with E-state index < -0.39 is 0 Å². The van der Waals surface area contributed by atoms with Crippen LogP contribution in [-0.4, -0.2) is 23.9 Å². The summed E-state index contributed by atoms with van der Waals surface area (Å²) in [4.78, 5) is 12.2. The van der Waals surface area contributed by atoms with E-state index >= 15 is 0 Å². The maximum Gasteiger partial charge on any atom is 0.354 e. The lowest BCUT2D eigenvalue weighted by Gasteiger charge is -1.98. The minimum Gasteiger partial charge on any atom is -0.464 e. The molecule has 3 nitrogen and oxygen atoms in total. The number of aromatic nitrogens is 1. The van der Waals surface area contributed by atoms with Gasteiger partial charge in [0.05, 0.1) is 7.11 Å². The minimum atomic E-state index is -0.294. The van der Waals surface area contributed by atoms with E-state index in [0.29, 0.717) is 5.69 Å². The first-order chi connectivity index (χ1) is 5.69. The summed E-state index contributed by atoms with van der Waals surface area (Å²) in [5, 5.41) is 0. The number of hydrogen-bond acceptors (Lipinski definition) is 3. The van der Waals surface area contributed by atoms with E-state index in [4.69, 9.17) is 0 Å². The summed E-state index contributed by atoms with van der Waals surface area (Å²) < 4.78 is 6.37. The molecule has 1 rings (SSSR count). The smallest absolute Gasteiger partial charge is 0.354 e. The molecule has 0 spiro atoms. The maximum atomic E-state index is 11.1. The average Bonchev–Trinajstić information content (AvgIpc) is 2.45. The Morgan fingerprint density at radius 1 is 1.67 bits per heavy atom. The van der Waals surface area contributed by atoms with Crippen molar-refractivity contribution >= 4 is 17.7 Å². The number of carbonyl (C=O) groups excluding carboxylic acids is 1. The van der Waals surface area contributed by atoms with Crippen molar-refractivity contribution in [1.29, 1.82) is 0 Å². The summed E-state index contributed by atoms with van der Waals surface area (Å²) in [7, 11) is 3.21. The van der Waals surface area contributed by atoms with Gasteiger partial charge in [0, 0.05) is 18.1 Å². The highest BCUT2D eigenvalue weighted by molar-refractivity contribution is 7.98. The number of thioether (sulfide) groups is 1. The van der Waals surface area contributed by atoms with Crippen LogP contribution in [0.3, 0.4) is 0 Å². The molecule has 0 radical (unpaired) electrons. The van der Waals surface area contributed by atoms with Crippen molar-refractivity contribution in [2.45, 2.75) is 4.90 Å². The highest BCUT2D eigenvalue weighted by atomic mass is 32.2. The molecule has 0 atom stereocenters. The molecule has 1 heterocycles. The first kappa shape index (κ1) is 9.19. The van der Waals surface area contributed by atoms with Crippen LogP contribution in [0.2, 0.25) is 0 Å². The third-order valence-electron chi connectivity index (χ3n) is 1.61. The SMILES string of the molecule is COC(=O)c1cc(SC)cn1C. The highest BCUT2D eigenvalue weighted by Gasteiger charge is 2.10. The van der Waals surface area contributed by atoms with Gasteiger partial charge >= 0.3 is 5.97 Å². The van der Waals surface area contributed by atoms with Gasteiger partial charge in [0.1, 0.15) is 5.69 Å². The first-order valence-electron chi connectivity index (χ1n) is 3.47. The molecule has 1 aromatic heterocycles. The van der Waals surface area contributed by atoms with Gasteiger partial charge in [-0.2, -0.15) is 0 Å². The summed E-state index contributed by atoms with van der Waals surface area (Å²) in [5.41, 5.74) is 0.585. The third-order valence-corrected chi connectivity index (χ3v) is 2.30. The Kier molecular flexibility index (Phi) is 2.81. The number of carbonyl (C=O) groups is 1. The second-order valence-electron chi connectivity index (χ2n) is 2.37. The summed E-state index contributed by atoms with van der Waals surface area (Å²) in [6, 6.07) is 1.82. The van der Waals surface area contributed by atoms with Crippen LogP contribution in [0.25, 0.3) is 0 Å². The monoisotopic (exact) mass is 185 g/mol. The number of hydrogen-bond donors (Lipinski definition) is 0. The van der Waals surface area contributed by atoms with E-state index in [-0.39, 0.29) is 5.97 Å². The van der Waals surface area contributed by atoms with Crippen molar-refractivity contribution in [1.82, 2.24) is 4.57 Å². The molecule has 0 unspecified atom stereocenters. The number of ether oxygens (including phenoxy) is 1. The molecule has 0 saturated carbocycles. The van der Waals surface area contributed by atoms with Gasteiger partial charge in [-0.05, 0) is 12.3 Å². The van der Waals surface area contributed by atoms with Crippen LogP contribution < -0.4 is 0 Å². The Labute approximate surface area is 75.7 Å². The predicted molar refractivity (Wildman–Crippen MR) is 48.5 cm³/mol. The summed E-state index contributed by atoms with van der Waals surface area (Å²) in [6.07, 6.45) is 3.87. The van der Waals surface area contributed by atoms with Crippen LogP contribution in [0, 0.1) is 0 Å². The van der Waals surface area contributed by atoms with Crippen molar-refractivity contribution in [2.24, 2.45) is 7.05 Å². The van der Waals surface area contributed by atoms with Gasteiger partial charge in [-0.1, -0.05) is 0 Å².